The Hall–Kier alpha value is -2.56. The van der Waals surface area contributed by atoms with E-state index in [1.807, 2.05) is 37.3 Å². The van der Waals surface area contributed by atoms with Gasteiger partial charge < -0.3 is 14.4 Å². The topological polar surface area (TPSA) is 51.7 Å². The Bertz CT molecular complexity index is 602. The molecule has 0 saturated carbocycles. The molecule has 0 radical (unpaired) electrons. The fraction of sp³-hybridized carbons (Fsp3) is 0.294. The van der Waals surface area contributed by atoms with Crippen molar-refractivity contribution >= 4 is 5.91 Å². The minimum atomic E-state index is -0.0943. The largest absolute Gasteiger partial charge is 0.490 e. The predicted octanol–water partition coefficient (Wildman–Crippen LogP) is 2.52. The van der Waals surface area contributed by atoms with Gasteiger partial charge >= 0.3 is 0 Å². The first kappa shape index (κ1) is 15.8. The van der Waals surface area contributed by atoms with E-state index in [0.29, 0.717) is 24.7 Å². The summed E-state index contributed by atoms with van der Waals surface area (Å²) >= 11 is 0. The van der Waals surface area contributed by atoms with Crippen molar-refractivity contribution < 1.29 is 14.3 Å². The molecule has 0 N–H and O–H groups in total. The quantitative estimate of drug-likeness (QED) is 0.788. The number of para-hydroxylation sites is 2. The summed E-state index contributed by atoms with van der Waals surface area (Å²) < 4.78 is 11.1. The van der Waals surface area contributed by atoms with Crippen LogP contribution in [0.4, 0.5) is 0 Å². The van der Waals surface area contributed by atoms with Gasteiger partial charge in [-0.3, -0.25) is 9.78 Å². The zero-order valence-corrected chi connectivity index (χ0v) is 12.9. The van der Waals surface area contributed by atoms with Crippen molar-refractivity contribution in [1.29, 1.82) is 0 Å². The molecule has 0 aliphatic carbocycles. The highest BCUT2D eigenvalue weighted by Crippen LogP contribution is 2.26. The Kier molecular flexibility index (Phi) is 5.77. The summed E-state index contributed by atoms with van der Waals surface area (Å²) in [6.07, 6.45) is 3.42. The second kappa shape index (κ2) is 8.02. The zero-order chi connectivity index (χ0) is 15.8. The maximum absolute atomic E-state index is 12.1. The van der Waals surface area contributed by atoms with Crippen molar-refractivity contribution in [3.8, 4) is 11.5 Å². The molecule has 0 fully saturated rings. The lowest BCUT2D eigenvalue weighted by atomic mass is 10.2. The molecule has 0 saturated heterocycles. The Labute approximate surface area is 130 Å². The first-order valence-corrected chi connectivity index (χ1v) is 7.18. The lowest BCUT2D eigenvalue weighted by molar-refractivity contribution is -0.132. The molecule has 1 aromatic heterocycles. The fourth-order valence-electron chi connectivity index (χ4n) is 1.94. The van der Waals surface area contributed by atoms with E-state index in [1.165, 1.54) is 0 Å². The fourth-order valence-corrected chi connectivity index (χ4v) is 1.94. The molecule has 1 amide bonds. The van der Waals surface area contributed by atoms with Gasteiger partial charge in [0.15, 0.2) is 18.1 Å². The minimum absolute atomic E-state index is 0.0222. The summed E-state index contributed by atoms with van der Waals surface area (Å²) in [7, 11) is 1.75. The Balaban J connectivity index is 1.89. The summed E-state index contributed by atoms with van der Waals surface area (Å²) in [5.74, 6) is 1.13. The number of hydrogen-bond donors (Lipinski definition) is 0. The first-order valence-electron chi connectivity index (χ1n) is 7.18. The van der Waals surface area contributed by atoms with Crippen LogP contribution in [0.3, 0.4) is 0 Å². The Morgan fingerprint density at radius 2 is 1.73 bits per heavy atom. The summed E-state index contributed by atoms with van der Waals surface area (Å²) in [5, 5.41) is 0. The number of ether oxygens (including phenoxy) is 2. The van der Waals surface area contributed by atoms with Crippen molar-refractivity contribution in [3.63, 3.8) is 0 Å². The lowest BCUT2D eigenvalue weighted by Crippen LogP contribution is -2.31. The number of likely N-dealkylation sites (N-methyl/N-ethyl adjacent to an activating group) is 1. The van der Waals surface area contributed by atoms with E-state index in [0.717, 1.165) is 5.56 Å². The van der Waals surface area contributed by atoms with E-state index in [-0.39, 0.29) is 12.5 Å². The van der Waals surface area contributed by atoms with Gasteiger partial charge in [-0.05, 0) is 36.8 Å². The average molecular weight is 300 g/mol. The van der Waals surface area contributed by atoms with Crippen molar-refractivity contribution in [2.75, 3.05) is 20.3 Å². The summed E-state index contributed by atoms with van der Waals surface area (Å²) in [5.41, 5.74) is 1.03. The molecule has 0 atom stereocenters. The van der Waals surface area contributed by atoms with Gasteiger partial charge in [-0.15, -0.1) is 0 Å². The number of carbonyl (C=O) groups excluding carboxylic acids is 1. The average Bonchev–Trinajstić information content (AvgIpc) is 2.55. The molecule has 1 heterocycles. The summed E-state index contributed by atoms with van der Waals surface area (Å²) in [6, 6.07) is 11.1. The number of hydrogen-bond acceptors (Lipinski definition) is 4. The predicted molar refractivity (Wildman–Crippen MR) is 83.8 cm³/mol. The van der Waals surface area contributed by atoms with Gasteiger partial charge in [-0.2, -0.15) is 0 Å². The first-order chi connectivity index (χ1) is 10.7. The van der Waals surface area contributed by atoms with E-state index in [9.17, 15) is 4.79 Å². The molecule has 5 nitrogen and oxygen atoms in total. The summed E-state index contributed by atoms with van der Waals surface area (Å²) in [4.78, 5) is 17.7. The molecule has 5 heteroatoms. The van der Waals surface area contributed by atoms with Crippen LogP contribution in [0, 0.1) is 0 Å². The summed E-state index contributed by atoms with van der Waals surface area (Å²) in [6.45, 7) is 2.96. The minimum Gasteiger partial charge on any atom is -0.490 e. The van der Waals surface area contributed by atoms with Crippen LogP contribution < -0.4 is 9.47 Å². The molecule has 0 unspecified atom stereocenters. The van der Waals surface area contributed by atoms with E-state index in [4.69, 9.17) is 9.47 Å². The molecular weight excluding hydrogens is 280 g/mol. The third kappa shape index (κ3) is 4.48. The maximum Gasteiger partial charge on any atom is 0.260 e. The molecule has 22 heavy (non-hydrogen) atoms. The molecule has 2 rings (SSSR count). The Morgan fingerprint density at radius 1 is 1.09 bits per heavy atom. The van der Waals surface area contributed by atoms with Gasteiger partial charge in [0.25, 0.3) is 5.91 Å². The van der Waals surface area contributed by atoms with E-state index in [1.54, 1.807) is 30.4 Å². The van der Waals surface area contributed by atoms with Crippen LogP contribution in [-0.4, -0.2) is 36.1 Å². The molecule has 1 aromatic carbocycles. The van der Waals surface area contributed by atoms with Crippen LogP contribution in [0.2, 0.25) is 0 Å². The highest BCUT2D eigenvalue weighted by atomic mass is 16.5. The van der Waals surface area contributed by atoms with E-state index in [2.05, 4.69) is 4.98 Å². The number of rotatable bonds is 7. The number of amides is 1. The lowest BCUT2D eigenvalue weighted by Gasteiger charge is -2.18. The number of aromatic nitrogens is 1. The molecule has 116 valence electrons. The smallest absolute Gasteiger partial charge is 0.260 e. The molecular formula is C17H20N2O3. The standard InChI is InChI=1S/C17H20N2O3/c1-3-21-15-6-4-5-7-16(15)22-13-17(20)19(2)12-14-8-10-18-11-9-14/h4-11H,3,12-13H2,1-2H3. The Morgan fingerprint density at radius 3 is 2.36 bits per heavy atom. The van der Waals surface area contributed by atoms with Gasteiger partial charge in [0.05, 0.1) is 6.61 Å². The number of benzene rings is 1. The van der Waals surface area contributed by atoms with Gasteiger partial charge in [-0.1, -0.05) is 12.1 Å². The van der Waals surface area contributed by atoms with Crippen molar-refractivity contribution in [3.05, 3.63) is 54.4 Å². The van der Waals surface area contributed by atoms with Crippen LogP contribution in [0.5, 0.6) is 11.5 Å². The normalized spacial score (nSPS) is 10.1. The molecule has 0 spiro atoms. The molecule has 0 aliphatic rings. The molecule has 0 bridgehead atoms. The van der Waals surface area contributed by atoms with Gasteiger partial charge in [0, 0.05) is 26.0 Å². The number of carbonyl (C=O) groups is 1. The van der Waals surface area contributed by atoms with Crippen LogP contribution in [0.25, 0.3) is 0 Å². The van der Waals surface area contributed by atoms with Gasteiger partial charge in [0.1, 0.15) is 0 Å². The second-order valence-corrected chi connectivity index (χ2v) is 4.77. The number of pyridine rings is 1. The van der Waals surface area contributed by atoms with Crippen molar-refractivity contribution in [1.82, 2.24) is 9.88 Å². The SMILES string of the molecule is CCOc1ccccc1OCC(=O)N(C)Cc1ccncc1. The molecule has 0 aliphatic heterocycles. The third-order valence-corrected chi connectivity index (χ3v) is 3.10. The van der Waals surface area contributed by atoms with Crippen molar-refractivity contribution in [2.45, 2.75) is 13.5 Å². The van der Waals surface area contributed by atoms with Gasteiger partial charge in [-0.25, -0.2) is 0 Å². The van der Waals surface area contributed by atoms with Crippen molar-refractivity contribution in [2.24, 2.45) is 0 Å². The second-order valence-electron chi connectivity index (χ2n) is 4.77. The van der Waals surface area contributed by atoms with Gasteiger partial charge in [0.2, 0.25) is 0 Å². The molecule has 2 aromatic rings. The highest BCUT2D eigenvalue weighted by Gasteiger charge is 2.12. The van der Waals surface area contributed by atoms with Crippen LogP contribution in [0.15, 0.2) is 48.8 Å². The third-order valence-electron chi connectivity index (χ3n) is 3.10. The highest BCUT2D eigenvalue weighted by molar-refractivity contribution is 5.77. The van der Waals surface area contributed by atoms with E-state index < -0.39 is 0 Å². The zero-order valence-electron chi connectivity index (χ0n) is 12.9. The maximum atomic E-state index is 12.1. The van der Waals surface area contributed by atoms with Crippen LogP contribution >= 0.6 is 0 Å². The monoisotopic (exact) mass is 300 g/mol. The van der Waals surface area contributed by atoms with Crippen LogP contribution in [0.1, 0.15) is 12.5 Å². The van der Waals surface area contributed by atoms with Crippen LogP contribution in [-0.2, 0) is 11.3 Å². The van der Waals surface area contributed by atoms with E-state index >= 15 is 0 Å². The number of nitrogens with zero attached hydrogens (tertiary/aromatic N) is 2.